The number of benzene rings is 6. The first-order valence-electron chi connectivity index (χ1n) is 19.0. The molecule has 0 amide bonds. The van der Waals surface area contributed by atoms with Crippen molar-refractivity contribution >= 4 is 0 Å². The first-order valence-corrected chi connectivity index (χ1v) is 19.0. The molecule has 0 radical (unpaired) electrons. The molecule has 1 aliphatic rings. The van der Waals surface area contributed by atoms with Gasteiger partial charge in [0.05, 0.1) is 0 Å². The highest BCUT2D eigenvalue weighted by atomic mass is 15.1. The smallest absolute Gasteiger partial charge is 0.0270 e. The molecule has 2 heteroatoms. The largest absolute Gasteiger partial charge is 0.306 e. The van der Waals surface area contributed by atoms with E-state index in [1.165, 1.54) is 72.3 Å². The lowest BCUT2D eigenvalue weighted by Gasteiger charge is -2.42. The van der Waals surface area contributed by atoms with Crippen LogP contribution in [0.15, 0.2) is 170 Å². The van der Waals surface area contributed by atoms with Gasteiger partial charge in [-0.3, -0.25) is 4.98 Å². The standard InChI is InChI=1S/C51H48N2/c1-37-5-7-38(8-6-37)39-9-11-41(12-10-39)44-19-25-48(26-20-44)51(31-35-53(4)36-32-51)49-27-21-45(22-28-49)42-15-13-40(14-16-42)43-17-23-46(24-18-43)50(2,3)47-29-33-52-34-30-47/h5-30,33-34H,31-32,35-36H2,1-4H3. The molecule has 1 aliphatic heterocycles. The minimum Gasteiger partial charge on any atom is -0.306 e. The van der Waals surface area contributed by atoms with Crippen molar-refractivity contribution in [2.75, 3.05) is 20.1 Å². The Morgan fingerprint density at radius 1 is 0.434 bits per heavy atom. The van der Waals surface area contributed by atoms with Crippen molar-refractivity contribution in [3.63, 3.8) is 0 Å². The zero-order valence-corrected chi connectivity index (χ0v) is 31.4. The molecule has 1 fully saturated rings. The van der Waals surface area contributed by atoms with Crippen LogP contribution >= 0.6 is 0 Å². The fourth-order valence-corrected chi connectivity index (χ4v) is 8.18. The summed E-state index contributed by atoms with van der Waals surface area (Å²) in [6, 6.07) is 58.8. The van der Waals surface area contributed by atoms with E-state index in [0.29, 0.717) is 0 Å². The van der Waals surface area contributed by atoms with Gasteiger partial charge in [-0.1, -0.05) is 165 Å². The van der Waals surface area contributed by atoms with Gasteiger partial charge in [0.1, 0.15) is 0 Å². The molecule has 8 rings (SSSR count). The van der Waals surface area contributed by atoms with Crippen LogP contribution in [-0.2, 0) is 10.8 Å². The summed E-state index contributed by atoms with van der Waals surface area (Å²) >= 11 is 0. The number of nitrogens with zero attached hydrogens (tertiary/aromatic N) is 2. The van der Waals surface area contributed by atoms with E-state index in [4.69, 9.17) is 0 Å². The molecular weight excluding hydrogens is 641 g/mol. The number of piperidine rings is 1. The van der Waals surface area contributed by atoms with Crippen LogP contribution in [0.25, 0.3) is 44.5 Å². The molecule has 1 saturated heterocycles. The quantitative estimate of drug-likeness (QED) is 0.158. The summed E-state index contributed by atoms with van der Waals surface area (Å²) in [6.45, 7) is 8.86. The third-order valence-corrected chi connectivity index (χ3v) is 11.9. The van der Waals surface area contributed by atoms with Gasteiger partial charge in [0, 0.05) is 23.2 Å². The highest BCUT2D eigenvalue weighted by molar-refractivity contribution is 5.72. The van der Waals surface area contributed by atoms with Crippen LogP contribution in [0.3, 0.4) is 0 Å². The first-order chi connectivity index (χ1) is 25.8. The third-order valence-electron chi connectivity index (χ3n) is 11.9. The minimum absolute atomic E-state index is 0.000847. The van der Waals surface area contributed by atoms with Crippen LogP contribution < -0.4 is 0 Å². The summed E-state index contributed by atoms with van der Waals surface area (Å²) in [5.74, 6) is 0. The number of pyridine rings is 1. The van der Waals surface area contributed by atoms with E-state index in [1.807, 2.05) is 12.4 Å². The van der Waals surface area contributed by atoms with Crippen LogP contribution in [0.1, 0.15) is 54.5 Å². The average Bonchev–Trinajstić information content (AvgIpc) is 3.22. The Morgan fingerprint density at radius 2 is 0.736 bits per heavy atom. The molecule has 0 N–H and O–H groups in total. The topological polar surface area (TPSA) is 16.1 Å². The van der Waals surface area contributed by atoms with Crippen LogP contribution in [0.4, 0.5) is 0 Å². The van der Waals surface area contributed by atoms with E-state index in [-0.39, 0.29) is 10.8 Å². The summed E-state index contributed by atoms with van der Waals surface area (Å²) in [4.78, 5) is 6.66. The average molecular weight is 689 g/mol. The maximum Gasteiger partial charge on any atom is 0.0270 e. The maximum absolute atomic E-state index is 4.20. The van der Waals surface area contributed by atoms with Crippen molar-refractivity contribution in [2.45, 2.75) is 44.4 Å². The molecule has 6 aromatic carbocycles. The summed E-state index contributed by atoms with van der Waals surface area (Å²) < 4.78 is 0. The lowest BCUT2D eigenvalue weighted by molar-refractivity contribution is 0.213. The van der Waals surface area contributed by atoms with Crippen LogP contribution in [0.2, 0.25) is 0 Å². The second-order valence-corrected chi connectivity index (χ2v) is 15.5. The number of hydrogen-bond donors (Lipinski definition) is 0. The number of rotatable bonds is 8. The van der Waals surface area contributed by atoms with Gasteiger partial charge < -0.3 is 4.90 Å². The van der Waals surface area contributed by atoms with Gasteiger partial charge in [-0.2, -0.15) is 0 Å². The van der Waals surface area contributed by atoms with E-state index < -0.39 is 0 Å². The zero-order valence-electron chi connectivity index (χ0n) is 31.4. The van der Waals surface area contributed by atoms with Crippen molar-refractivity contribution in [3.05, 3.63) is 198 Å². The fourth-order valence-electron chi connectivity index (χ4n) is 8.18. The van der Waals surface area contributed by atoms with Crippen molar-refractivity contribution in [1.82, 2.24) is 9.88 Å². The highest BCUT2D eigenvalue weighted by Crippen LogP contribution is 2.43. The van der Waals surface area contributed by atoms with Crippen LogP contribution in [0.5, 0.6) is 0 Å². The number of aromatic nitrogens is 1. The first kappa shape index (κ1) is 34.5. The summed E-state index contributed by atoms with van der Waals surface area (Å²) in [7, 11) is 2.25. The molecule has 2 nitrogen and oxygen atoms in total. The van der Waals surface area contributed by atoms with Crippen LogP contribution in [-0.4, -0.2) is 30.0 Å². The summed E-state index contributed by atoms with van der Waals surface area (Å²) in [5.41, 5.74) is 16.6. The Labute approximate surface area is 315 Å². The molecule has 262 valence electrons. The molecule has 1 aromatic heterocycles. The second-order valence-electron chi connectivity index (χ2n) is 15.5. The monoisotopic (exact) mass is 688 g/mol. The lowest BCUT2D eigenvalue weighted by Crippen LogP contribution is -2.41. The molecule has 0 aliphatic carbocycles. The molecule has 0 spiro atoms. The van der Waals surface area contributed by atoms with E-state index in [0.717, 1.165) is 25.9 Å². The Balaban J connectivity index is 0.999. The Morgan fingerprint density at radius 3 is 1.11 bits per heavy atom. The SMILES string of the molecule is Cc1ccc(-c2ccc(-c3ccc(C4(c5ccc(-c6ccc(-c7ccc(C(C)(C)c8ccncc8)cc7)cc6)cc5)CCN(C)CC4)cc3)cc2)cc1. The molecule has 0 saturated carbocycles. The van der Waals surface area contributed by atoms with Gasteiger partial charge in [0.15, 0.2) is 0 Å². The predicted octanol–water partition coefficient (Wildman–Crippen LogP) is 12.4. The molecule has 0 unspecified atom stereocenters. The van der Waals surface area contributed by atoms with Crippen molar-refractivity contribution < 1.29 is 0 Å². The zero-order chi connectivity index (χ0) is 36.4. The van der Waals surface area contributed by atoms with Gasteiger partial charge in [-0.25, -0.2) is 0 Å². The van der Waals surface area contributed by atoms with Crippen molar-refractivity contribution in [2.24, 2.45) is 0 Å². The molecule has 7 aromatic rings. The maximum atomic E-state index is 4.20. The molecular formula is C51H48N2. The second kappa shape index (κ2) is 14.5. The summed E-state index contributed by atoms with van der Waals surface area (Å²) in [6.07, 6.45) is 5.97. The Kier molecular flexibility index (Phi) is 9.41. The molecule has 2 heterocycles. The van der Waals surface area contributed by atoms with E-state index in [1.54, 1.807) is 0 Å². The Bertz CT molecular complexity index is 2260. The van der Waals surface area contributed by atoms with Gasteiger partial charge in [-0.15, -0.1) is 0 Å². The van der Waals surface area contributed by atoms with E-state index >= 15 is 0 Å². The fraction of sp³-hybridized carbons (Fsp3) is 0.196. The van der Waals surface area contributed by atoms with Crippen molar-refractivity contribution in [1.29, 1.82) is 0 Å². The number of likely N-dealkylation sites (tertiary alicyclic amines) is 1. The minimum atomic E-state index is -0.0809. The molecule has 53 heavy (non-hydrogen) atoms. The third kappa shape index (κ3) is 7.00. The van der Waals surface area contributed by atoms with Gasteiger partial charge in [0.2, 0.25) is 0 Å². The predicted molar refractivity (Wildman–Crippen MR) is 223 cm³/mol. The number of hydrogen-bond acceptors (Lipinski definition) is 2. The Hall–Kier alpha value is -5.57. The van der Waals surface area contributed by atoms with Gasteiger partial charge in [-0.05, 0) is 119 Å². The normalized spacial score (nSPS) is 14.6. The molecule has 0 bridgehead atoms. The number of aryl methyl sites for hydroxylation is 1. The van der Waals surface area contributed by atoms with Gasteiger partial charge in [0.25, 0.3) is 0 Å². The van der Waals surface area contributed by atoms with E-state index in [2.05, 4.69) is 195 Å². The van der Waals surface area contributed by atoms with Crippen LogP contribution in [0, 0.1) is 6.92 Å². The highest BCUT2D eigenvalue weighted by Gasteiger charge is 2.37. The van der Waals surface area contributed by atoms with Crippen molar-refractivity contribution in [3.8, 4) is 44.5 Å². The van der Waals surface area contributed by atoms with Gasteiger partial charge >= 0.3 is 0 Å². The summed E-state index contributed by atoms with van der Waals surface area (Å²) in [5, 5.41) is 0. The lowest BCUT2D eigenvalue weighted by atomic mass is 9.68. The van der Waals surface area contributed by atoms with E-state index in [9.17, 15) is 0 Å². The molecule has 0 atom stereocenters.